The normalized spacial score (nSPS) is 15.0. The molecule has 28 heavy (non-hydrogen) atoms. The Hall–Kier alpha value is -2.03. The van der Waals surface area contributed by atoms with Crippen LogP contribution in [0.1, 0.15) is 17.0 Å². The number of pyridine rings is 2. The quantitative estimate of drug-likeness (QED) is 0.627. The van der Waals surface area contributed by atoms with Gasteiger partial charge in [0.15, 0.2) is 5.69 Å². The molecular weight excluding hydrogens is 414 g/mol. The summed E-state index contributed by atoms with van der Waals surface area (Å²) in [6, 6.07) is 4.56. The Labute approximate surface area is 168 Å². The standard InChI is InChI=1S/C18H16Cl2F3N5/c19-10-7-12-11-3-5-28(9-14(11)26-17(12)25-8-10)6-4-24-15-2-1-13(20)16(27-15)18(21,22)23/h1-2,7-8H,3-6,9H2,(H,24,27)(H,25,26). The lowest BCUT2D eigenvalue weighted by Gasteiger charge is -2.27. The molecule has 148 valence electrons. The van der Waals surface area contributed by atoms with Gasteiger partial charge in [-0.25, -0.2) is 9.97 Å². The number of nitrogens with one attached hydrogen (secondary N) is 2. The van der Waals surface area contributed by atoms with Gasteiger partial charge in [0.2, 0.25) is 0 Å². The minimum atomic E-state index is -4.58. The van der Waals surface area contributed by atoms with Crippen LogP contribution in [0.5, 0.6) is 0 Å². The van der Waals surface area contributed by atoms with Crippen LogP contribution in [0.3, 0.4) is 0 Å². The first-order chi connectivity index (χ1) is 13.3. The molecule has 0 saturated heterocycles. The van der Waals surface area contributed by atoms with Crippen molar-refractivity contribution in [1.29, 1.82) is 0 Å². The third-order valence-electron chi connectivity index (χ3n) is 4.72. The minimum absolute atomic E-state index is 0.152. The molecule has 0 aliphatic carbocycles. The summed E-state index contributed by atoms with van der Waals surface area (Å²) in [6.45, 7) is 2.68. The fraction of sp³-hybridized carbons (Fsp3) is 0.333. The van der Waals surface area contributed by atoms with Gasteiger partial charge in [0.05, 0.1) is 10.0 Å². The molecule has 2 N–H and O–H groups in total. The predicted octanol–water partition coefficient (Wildman–Crippen LogP) is 4.75. The predicted molar refractivity (Wildman–Crippen MR) is 103 cm³/mol. The molecule has 0 bridgehead atoms. The number of anilines is 1. The summed E-state index contributed by atoms with van der Waals surface area (Å²) in [5.74, 6) is 0.152. The van der Waals surface area contributed by atoms with E-state index in [1.165, 1.54) is 17.7 Å². The Bertz CT molecular complexity index is 1020. The highest BCUT2D eigenvalue weighted by atomic mass is 35.5. The van der Waals surface area contributed by atoms with Crippen LogP contribution < -0.4 is 5.32 Å². The second-order valence-electron chi connectivity index (χ2n) is 6.61. The van der Waals surface area contributed by atoms with E-state index in [-0.39, 0.29) is 5.82 Å². The molecule has 3 aromatic rings. The third kappa shape index (κ3) is 3.90. The van der Waals surface area contributed by atoms with Crippen LogP contribution in [0.4, 0.5) is 19.0 Å². The molecule has 0 aromatic carbocycles. The number of nitrogens with zero attached hydrogens (tertiary/aromatic N) is 3. The zero-order valence-corrected chi connectivity index (χ0v) is 16.1. The average Bonchev–Trinajstić information content (AvgIpc) is 2.99. The fourth-order valence-corrected chi connectivity index (χ4v) is 3.79. The second kappa shape index (κ2) is 7.42. The van der Waals surface area contributed by atoms with Gasteiger partial charge in [0, 0.05) is 43.5 Å². The molecule has 4 rings (SSSR count). The Morgan fingerprint density at radius 3 is 2.86 bits per heavy atom. The highest BCUT2D eigenvalue weighted by molar-refractivity contribution is 6.31. The molecule has 5 nitrogen and oxygen atoms in total. The minimum Gasteiger partial charge on any atom is -0.369 e. The number of aromatic amines is 1. The topological polar surface area (TPSA) is 56.8 Å². The van der Waals surface area contributed by atoms with Gasteiger partial charge in [-0.3, -0.25) is 4.90 Å². The molecule has 0 spiro atoms. The first kappa shape index (κ1) is 19.3. The fourth-order valence-electron chi connectivity index (χ4n) is 3.42. The summed E-state index contributed by atoms with van der Waals surface area (Å²) in [5.41, 5.74) is 2.06. The second-order valence-corrected chi connectivity index (χ2v) is 7.45. The Morgan fingerprint density at radius 1 is 1.25 bits per heavy atom. The maximum Gasteiger partial charge on any atom is 0.434 e. The maximum atomic E-state index is 12.9. The first-order valence-corrected chi connectivity index (χ1v) is 9.42. The molecule has 10 heteroatoms. The zero-order valence-electron chi connectivity index (χ0n) is 14.6. The Morgan fingerprint density at radius 2 is 2.07 bits per heavy atom. The highest BCUT2D eigenvalue weighted by Crippen LogP contribution is 2.34. The van der Waals surface area contributed by atoms with E-state index in [4.69, 9.17) is 23.2 Å². The molecule has 0 fully saturated rings. The molecule has 3 aromatic heterocycles. The number of hydrogen-bond donors (Lipinski definition) is 2. The first-order valence-electron chi connectivity index (χ1n) is 8.66. The number of H-pyrrole nitrogens is 1. The van der Waals surface area contributed by atoms with Crippen molar-refractivity contribution >= 4 is 40.1 Å². The lowest BCUT2D eigenvalue weighted by Crippen LogP contribution is -2.34. The summed E-state index contributed by atoms with van der Waals surface area (Å²) < 4.78 is 38.7. The van der Waals surface area contributed by atoms with E-state index in [0.717, 1.165) is 29.7 Å². The molecule has 4 heterocycles. The van der Waals surface area contributed by atoms with Crippen molar-refractivity contribution in [2.24, 2.45) is 0 Å². The van der Waals surface area contributed by atoms with Gasteiger partial charge in [-0.05, 0) is 30.2 Å². The van der Waals surface area contributed by atoms with E-state index in [0.29, 0.717) is 24.7 Å². The molecule has 0 atom stereocenters. The van der Waals surface area contributed by atoms with Gasteiger partial charge < -0.3 is 10.3 Å². The average molecular weight is 430 g/mol. The Balaban J connectivity index is 1.39. The van der Waals surface area contributed by atoms with E-state index >= 15 is 0 Å². The molecule has 0 unspecified atom stereocenters. The van der Waals surface area contributed by atoms with Gasteiger partial charge >= 0.3 is 6.18 Å². The summed E-state index contributed by atoms with van der Waals surface area (Å²) in [7, 11) is 0. The van der Waals surface area contributed by atoms with Crippen LogP contribution in [0.15, 0.2) is 24.4 Å². The van der Waals surface area contributed by atoms with Crippen molar-refractivity contribution in [3.05, 3.63) is 51.4 Å². The van der Waals surface area contributed by atoms with Crippen LogP contribution in [0.25, 0.3) is 11.0 Å². The van der Waals surface area contributed by atoms with Gasteiger partial charge in [0.25, 0.3) is 0 Å². The van der Waals surface area contributed by atoms with E-state index in [1.807, 2.05) is 6.07 Å². The highest BCUT2D eigenvalue weighted by Gasteiger charge is 2.35. The summed E-state index contributed by atoms with van der Waals surface area (Å²) in [4.78, 5) is 13.4. The number of rotatable bonds is 4. The van der Waals surface area contributed by atoms with Crippen LogP contribution >= 0.6 is 23.2 Å². The smallest absolute Gasteiger partial charge is 0.369 e. The molecular formula is C18H16Cl2F3N5. The Kier molecular flexibility index (Phi) is 5.11. The number of aromatic nitrogens is 3. The molecule has 1 aliphatic heterocycles. The molecule has 1 aliphatic rings. The number of hydrogen-bond acceptors (Lipinski definition) is 4. The molecule has 0 radical (unpaired) electrons. The SMILES string of the molecule is FC(F)(F)c1nc(NCCN2CCc3c([nH]c4ncc(Cl)cc34)C2)ccc1Cl. The van der Waals surface area contributed by atoms with E-state index in [2.05, 4.69) is 25.2 Å². The van der Waals surface area contributed by atoms with Crippen LogP contribution in [-0.4, -0.2) is 39.5 Å². The van der Waals surface area contributed by atoms with Gasteiger partial charge in [0.1, 0.15) is 11.5 Å². The summed E-state index contributed by atoms with van der Waals surface area (Å²) in [6.07, 6.45) is -2.11. The van der Waals surface area contributed by atoms with Gasteiger partial charge in [-0.15, -0.1) is 0 Å². The van der Waals surface area contributed by atoms with E-state index < -0.39 is 16.9 Å². The van der Waals surface area contributed by atoms with Crippen molar-refractivity contribution < 1.29 is 13.2 Å². The molecule has 0 amide bonds. The van der Waals surface area contributed by atoms with Crippen molar-refractivity contribution in [3.8, 4) is 0 Å². The third-order valence-corrected chi connectivity index (χ3v) is 5.23. The van der Waals surface area contributed by atoms with Crippen molar-refractivity contribution in [2.75, 3.05) is 25.0 Å². The lowest BCUT2D eigenvalue weighted by molar-refractivity contribution is -0.141. The van der Waals surface area contributed by atoms with Gasteiger partial charge in [-0.1, -0.05) is 23.2 Å². The van der Waals surface area contributed by atoms with Crippen molar-refractivity contribution in [1.82, 2.24) is 19.9 Å². The monoisotopic (exact) mass is 429 g/mol. The summed E-state index contributed by atoms with van der Waals surface area (Å²) >= 11 is 11.6. The van der Waals surface area contributed by atoms with Crippen LogP contribution in [-0.2, 0) is 19.1 Å². The largest absolute Gasteiger partial charge is 0.434 e. The number of halogens is 5. The molecule has 0 saturated carbocycles. The van der Waals surface area contributed by atoms with E-state index in [9.17, 15) is 13.2 Å². The summed E-state index contributed by atoms with van der Waals surface area (Å²) in [5, 5.41) is 4.18. The number of fused-ring (bicyclic) bond motifs is 3. The van der Waals surface area contributed by atoms with Crippen LogP contribution in [0, 0.1) is 0 Å². The maximum absolute atomic E-state index is 12.9. The lowest BCUT2D eigenvalue weighted by atomic mass is 10.0. The van der Waals surface area contributed by atoms with Crippen molar-refractivity contribution in [2.45, 2.75) is 19.1 Å². The van der Waals surface area contributed by atoms with Crippen molar-refractivity contribution in [3.63, 3.8) is 0 Å². The number of alkyl halides is 3. The van der Waals surface area contributed by atoms with Gasteiger partial charge in [-0.2, -0.15) is 13.2 Å². The van der Waals surface area contributed by atoms with Crippen LogP contribution in [0.2, 0.25) is 10.0 Å². The zero-order chi connectivity index (χ0) is 19.9. The van der Waals surface area contributed by atoms with E-state index in [1.54, 1.807) is 6.20 Å².